The molecule has 0 amide bonds. The van der Waals surface area contributed by atoms with Gasteiger partial charge < -0.3 is 14.9 Å². The van der Waals surface area contributed by atoms with Gasteiger partial charge in [-0.2, -0.15) is 0 Å². The van der Waals surface area contributed by atoms with Gasteiger partial charge in [-0.05, 0) is 76.5 Å². The first-order valence-electron chi connectivity index (χ1n) is 8.29. The molecule has 1 heterocycles. The second-order valence-electron chi connectivity index (χ2n) is 6.29. The molecule has 0 aliphatic carbocycles. The molecule has 0 bridgehead atoms. The van der Waals surface area contributed by atoms with Crippen molar-refractivity contribution in [2.24, 2.45) is 0 Å². The number of halogens is 1. The number of phenols is 2. The van der Waals surface area contributed by atoms with Crippen LogP contribution in [0.3, 0.4) is 0 Å². The van der Waals surface area contributed by atoms with Crippen LogP contribution >= 0.6 is 22.6 Å². The number of ether oxygens (including phenoxy) is 1. The molecular weight excluding hydrogens is 439 g/mol. The lowest BCUT2D eigenvalue weighted by Gasteiger charge is -2.31. The van der Waals surface area contributed by atoms with E-state index in [0.29, 0.717) is 5.75 Å². The monoisotopic (exact) mass is 456 g/mol. The van der Waals surface area contributed by atoms with Gasteiger partial charge in [-0.25, -0.2) is 0 Å². The molecule has 3 aromatic rings. The minimum atomic E-state index is -0.366. The third kappa shape index (κ3) is 2.94. The molecule has 1 aliphatic heterocycles. The van der Waals surface area contributed by atoms with E-state index in [1.54, 1.807) is 18.2 Å². The Morgan fingerprint density at radius 1 is 0.923 bits per heavy atom. The molecule has 1 aliphatic rings. The Bertz CT molecular complexity index is 1010. The summed E-state index contributed by atoms with van der Waals surface area (Å²) in [7, 11) is 0. The molecule has 3 aromatic carbocycles. The molecule has 1 unspecified atom stereocenters. The van der Waals surface area contributed by atoms with Crippen molar-refractivity contribution in [2.45, 2.75) is 13.0 Å². The van der Waals surface area contributed by atoms with Crippen LogP contribution in [-0.2, 0) is 0 Å². The lowest BCUT2D eigenvalue weighted by Crippen LogP contribution is -2.16. The van der Waals surface area contributed by atoms with Crippen molar-refractivity contribution in [3.8, 4) is 17.2 Å². The van der Waals surface area contributed by atoms with Gasteiger partial charge in [0.15, 0.2) is 11.5 Å². The van der Waals surface area contributed by atoms with E-state index in [-0.39, 0.29) is 17.6 Å². The first-order chi connectivity index (χ1) is 12.5. The minimum absolute atomic E-state index is 0.132. The molecule has 2 N–H and O–H groups in total. The average molecular weight is 456 g/mol. The lowest BCUT2D eigenvalue weighted by molar-refractivity contribution is 0.247. The van der Waals surface area contributed by atoms with Crippen molar-refractivity contribution in [1.82, 2.24) is 0 Å². The summed E-state index contributed by atoms with van der Waals surface area (Å²) in [6.45, 7) is 2.03. The number of hydrogen-bond donors (Lipinski definition) is 2. The van der Waals surface area contributed by atoms with Crippen LogP contribution in [0.4, 0.5) is 0 Å². The third-order valence-electron chi connectivity index (χ3n) is 4.63. The first-order valence-corrected chi connectivity index (χ1v) is 9.37. The van der Waals surface area contributed by atoms with Crippen LogP contribution in [0.1, 0.15) is 29.7 Å². The van der Waals surface area contributed by atoms with Gasteiger partial charge in [-0.15, -0.1) is 0 Å². The van der Waals surface area contributed by atoms with Crippen LogP contribution in [0, 0.1) is 3.57 Å². The highest BCUT2D eigenvalue weighted by atomic mass is 127. The zero-order valence-electron chi connectivity index (χ0n) is 14.1. The highest BCUT2D eigenvalue weighted by molar-refractivity contribution is 14.1. The fraction of sp³-hybridized carbons (Fsp3) is 0.0909. The van der Waals surface area contributed by atoms with Crippen molar-refractivity contribution in [3.63, 3.8) is 0 Å². The van der Waals surface area contributed by atoms with E-state index in [1.807, 2.05) is 55.5 Å². The molecule has 0 saturated heterocycles. The van der Waals surface area contributed by atoms with Crippen molar-refractivity contribution >= 4 is 33.7 Å². The van der Waals surface area contributed by atoms with Crippen molar-refractivity contribution in [2.75, 3.05) is 0 Å². The molecule has 4 rings (SSSR count). The summed E-state index contributed by atoms with van der Waals surface area (Å²) >= 11 is 2.27. The van der Waals surface area contributed by atoms with E-state index in [4.69, 9.17) is 4.74 Å². The Labute approximate surface area is 165 Å². The smallest absolute Gasteiger partial charge is 0.169 e. The molecule has 130 valence electrons. The first kappa shape index (κ1) is 17.0. The van der Waals surface area contributed by atoms with Gasteiger partial charge in [0.2, 0.25) is 0 Å². The second kappa shape index (κ2) is 6.68. The summed E-state index contributed by atoms with van der Waals surface area (Å²) in [6.07, 6.45) is -0.366. The van der Waals surface area contributed by atoms with Crippen LogP contribution in [0.25, 0.3) is 11.1 Å². The number of benzene rings is 3. The molecule has 0 spiro atoms. The van der Waals surface area contributed by atoms with Gasteiger partial charge in [-0.3, -0.25) is 0 Å². The summed E-state index contributed by atoms with van der Waals surface area (Å²) < 4.78 is 7.42. The maximum absolute atomic E-state index is 10.3. The van der Waals surface area contributed by atoms with Crippen molar-refractivity contribution < 1.29 is 14.9 Å². The fourth-order valence-electron chi connectivity index (χ4n) is 3.38. The van der Waals surface area contributed by atoms with E-state index < -0.39 is 0 Å². The molecular formula is C22H17IO3. The number of para-hydroxylation sites is 1. The highest BCUT2D eigenvalue weighted by Crippen LogP contribution is 2.49. The normalized spacial score (nSPS) is 16.2. The van der Waals surface area contributed by atoms with Crippen LogP contribution < -0.4 is 4.74 Å². The van der Waals surface area contributed by atoms with E-state index in [0.717, 1.165) is 31.4 Å². The standard InChI is InChI=1S/C22H17IO3/c1-13-18-6-3-7-19(25)22(18)26-21(14-8-10-16(23)11-9-14)20(13)15-4-2-5-17(24)12-15/h2-12,21,24-25H,1H3. The van der Waals surface area contributed by atoms with E-state index in [1.165, 1.54) is 0 Å². The number of phenolic OH excluding ortho intramolecular Hbond substituents is 2. The van der Waals surface area contributed by atoms with Crippen molar-refractivity contribution in [3.05, 3.63) is 87.0 Å². The number of allylic oxidation sites excluding steroid dienone is 1. The Morgan fingerprint density at radius 2 is 1.65 bits per heavy atom. The Morgan fingerprint density at radius 3 is 2.38 bits per heavy atom. The summed E-state index contributed by atoms with van der Waals surface area (Å²) in [4.78, 5) is 0. The summed E-state index contributed by atoms with van der Waals surface area (Å²) in [5.41, 5.74) is 4.78. The number of rotatable bonds is 2. The number of hydrogen-bond acceptors (Lipinski definition) is 3. The number of aromatic hydroxyl groups is 2. The summed E-state index contributed by atoms with van der Waals surface area (Å²) in [5.74, 6) is 0.843. The van der Waals surface area contributed by atoms with Gasteiger partial charge in [0, 0.05) is 14.7 Å². The average Bonchev–Trinajstić information content (AvgIpc) is 2.63. The van der Waals surface area contributed by atoms with Crippen LogP contribution in [-0.4, -0.2) is 10.2 Å². The van der Waals surface area contributed by atoms with E-state index in [2.05, 4.69) is 22.6 Å². The zero-order valence-corrected chi connectivity index (χ0v) is 16.3. The minimum Gasteiger partial charge on any atom is -0.508 e. The lowest BCUT2D eigenvalue weighted by atomic mass is 9.86. The number of fused-ring (bicyclic) bond motifs is 1. The van der Waals surface area contributed by atoms with Crippen LogP contribution in [0.2, 0.25) is 0 Å². The topological polar surface area (TPSA) is 49.7 Å². The maximum atomic E-state index is 10.3. The Balaban J connectivity index is 1.96. The van der Waals surface area contributed by atoms with Gasteiger partial charge in [0.05, 0.1) is 0 Å². The SMILES string of the molecule is CC1=C(c2cccc(O)c2)C(c2ccc(I)cc2)Oc2c(O)cccc21. The highest BCUT2D eigenvalue weighted by Gasteiger charge is 2.30. The molecule has 0 aromatic heterocycles. The molecule has 1 atom stereocenters. The van der Waals surface area contributed by atoms with Crippen LogP contribution in [0.5, 0.6) is 17.2 Å². The zero-order chi connectivity index (χ0) is 18.3. The molecule has 26 heavy (non-hydrogen) atoms. The maximum Gasteiger partial charge on any atom is 0.169 e. The van der Waals surface area contributed by atoms with E-state index in [9.17, 15) is 10.2 Å². The summed E-state index contributed by atoms with van der Waals surface area (Å²) in [6, 6.07) is 20.7. The van der Waals surface area contributed by atoms with Crippen molar-refractivity contribution in [1.29, 1.82) is 0 Å². The quantitative estimate of drug-likeness (QED) is 0.482. The molecule has 4 heteroatoms. The fourth-order valence-corrected chi connectivity index (χ4v) is 3.74. The predicted molar refractivity (Wildman–Crippen MR) is 111 cm³/mol. The van der Waals surface area contributed by atoms with Gasteiger partial charge in [0.1, 0.15) is 11.9 Å². The van der Waals surface area contributed by atoms with E-state index >= 15 is 0 Å². The predicted octanol–water partition coefficient (Wildman–Crippen LogP) is 5.77. The molecule has 3 nitrogen and oxygen atoms in total. The van der Waals surface area contributed by atoms with Gasteiger partial charge in [-0.1, -0.05) is 36.4 Å². The summed E-state index contributed by atoms with van der Waals surface area (Å²) in [5, 5.41) is 20.3. The van der Waals surface area contributed by atoms with Gasteiger partial charge >= 0.3 is 0 Å². The second-order valence-corrected chi connectivity index (χ2v) is 7.54. The molecule has 0 fully saturated rings. The molecule has 0 saturated carbocycles. The third-order valence-corrected chi connectivity index (χ3v) is 5.35. The largest absolute Gasteiger partial charge is 0.508 e. The van der Waals surface area contributed by atoms with Crippen LogP contribution in [0.15, 0.2) is 66.7 Å². The van der Waals surface area contributed by atoms with Gasteiger partial charge in [0.25, 0.3) is 0 Å². The molecule has 0 radical (unpaired) electrons. The Kier molecular flexibility index (Phi) is 4.36. The Hall–Kier alpha value is -2.47.